The van der Waals surface area contributed by atoms with Gasteiger partial charge in [-0.05, 0) is 25.1 Å². The highest BCUT2D eigenvalue weighted by atomic mass is 35.5. The summed E-state index contributed by atoms with van der Waals surface area (Å²) in [7, 11) is 0. The van der Waals surface area contributed by atoms with E-state index in [4.69, 9.17) is 11.6 Å². The monoisotopic (exact) mass is 462 g/mol. The lowest BCUT2D eigenvalue weighted by atomic mass is 10.1. The van der Waals surface area contributed by atoms with Gasteiger partial charge >= 0.3 is 6.18 Å². The van der Waals surface area contributed by atoms with Crippen molar-refractivity contribution in [3.63, 3.8) is 0 Å². The predicted octanol–water partition coefficient (Wildman–Crippen LogP) is 4.80. The molecule has 1 aliphatic rings. The molecular weight excluding hydrogens is 449 g/mol. The Kier molecular flexibility index (Phi) is 6.49. The zero-order chi connectivity index (χ0) is 21.2. The van der Waals surface area contributed by atoms with E-state index in [1.807, 2.05) is 0 Å². The molecule has 2 aromatic rings. The van der Waals surface area contributed by atoms with Crippen LogP contribution in [-0.4, -0.2) is 38.7 Å². The molecule has 6 nitrogen and oxygen atoms in total. The van der Waals surface area contributed by atoms with Crippen LogP contribution >= 0.6 is 34.7 Å². The van der Waals surface area contributed by atoms with Crippen molar-refractivity contribution in [3.05, 3.63) is 40.4 Å². The Hall–Kier alpha value is -2.11. The van der Waals surface area contributed by atoms with Crippen molar-refractivity contribution in [2.75, 3.05) is 11.9 Å². The summed E-state index contributed by atoms with van der Waals surface area (Å²) in [6, 6.07) is 3.07. The van der Waals surface area contributed by atoms with Crippen LogP contribution in [0.4, 0.5) is 24.0 Å². The molecule has 1 atom stereocenters. The minimum Gasteiger partial charge on any atom is -0.325 e. The highest BCUT2D eigenvalue weighted by Crippen LogP contribution is 2.37. The highest BCUT2D eigenvalue weighted by molar-refractivity contribution is 8.15. The number of amides is 2. The molecule has 0 radical (unpaired) electrons. The first kappa shape index (κ1) is 21.6. The van der Waals surface area contributed by atoms with Crippen molar-refractivity contribution in [3.8, 4) is 0 Å². The summed E-state index contributed by atoms with van der Waals surface area (Å²) < 4.78 is 39.5. The van der Waals surface area contributed by atoms with Crippen LogP contribution in [0.15, 0.2) is 34.8 Å². The summed E-state index contributed by atoms with van der Waals surface area (Å²) in [5.74, 6) is -1.04. The van der Waals surface area contributed by atoms with E-state index in [2.05, 4.69) is 15.3 Å². The molecule has 12 heteroatoms. The third-order valence-corrected chi connectivity index (χ3v) is 5.95. The number of benzene rings is 1. The van der Waals surface area contributed by atoms with Crippen LogP contribution in [0, 0.1) is 0 Å². The Morgan fingerprint density at radius 1 is 1.41 bits per heavy atom. The zero-order valence-corrected chi connectivity index (χ0v) is 17.3. The van der Waals surface area contributed by atoms with E-state index in [1.54, 1.807) is 18.5 Å². The van der Waals surface area contributed by atoms with E-state index in [9.17, 15) is 22.8 Å². The van der Waals surface area contributed by atoms with Gasteiger partial charge in [-0.2, -0.15) is 18.2 Å². The highest BCUT2D eigenvalue weighted by Gasteiger charge is 2.39. The average molecular weight is 463 g/mol. The van der Waals surface area contributed by atoms with Gasteiger partial charge in [-0.15, -0.1) is 11.3 Å². The Labute approximate surface area is 177 Å². The first-order valence-electron chi connectivity index (χ1n) is 8.32. The molecule has 0 bridgehead atoms. The molecule has 1 unspecified atom stereocenters. The van der Waals surface area contributed by atoms with Gasteiger partial charge in [0.2, 0.25) is 16.9 Å². The number of nitrogens with zero attached hydrogens (tertiary/aromatic N) is 3. The third kappa shape index (κ3) is 5.09. The minimum absolute atomic E-state index is 0.0986. The van der Waals surface area contributed by atoms with Crippen LogP contribution in [0.3, 0.4) is 0 Å². The second kappa shape index (κ2) is 8.72. The maximum atomic E-state index is 13.2. The van der Waals surface area contributed by atoms with Gasteiger partial charge < -0.3 is 5.32 Å². The SMILES string of the molecule is CCN1C(=O)C(CC(=O)Nc2ccc(Cl)cc2C(F)(F)F)SC1=Nc1nccs1. The number of carbonyl (C=O) groups is 2. The van der Waals surface area contributed by atoms with Crippen LogP contribution in [0.5, 0.6) is 0 Å². The number of carbonyl (C=O) groups excluding carboxylic acids is 2. The number of halogens is 4. The van der Waals surface area contributed by atoms with Gasteiger partial charge in [0.25, 0.3) is 0 Å². The number of nitrogens with one attached hydrogen (secondary N) is 1. The molecular formula is C17H14ClF3N4O2S2. The summed E-state index contributed by atoms with van der Waals surface area (Å²) in [4.78, 5) is 34.7. The summed E-state index contributed by atoms with van der Waals surface area (Å²) in [5, 5.41) is 3.98. The number of alkyl halides is 3. The van der Waals surface area contributed by atoms with Crippen LogP contribution < -0.4 is 5.32 Å². The van der Waals surface area contributed by atoms with E-state index in [-0.39, 0.29) is 17.4 Å². The fourth-order valence-electron chi connectivity index (χ4n) is 2.60. The number of thiazole rings is 1. The molecule has 2 amide bonds. The lowest BCUT2D eigenvalue weighted by Gasteiger charge is -2.15. The molecule has 154 valence electrons. The number of anilines is 1. The second-order valence-corrected chi connectivity index (χ2v) is 8.32. The number of rotatable bonds is 5. The van der Waals surface area contributed by atoms with Crippen molar-refractivity contribution >= 4 is 62.5 Å². The van der Waals surface area contributed by atoms with E-state index in [1.165, 1.54) is 22.3 Å². The normalized spacial score (nSPS) is 18.5. The Bertz CT molecular complexity index is 951. The summed E-state index contributed by atoms with van der Waals surface area (Å²) in [5.41, 5.74) is -1.46. The molecule has 0 aliphatic carbocycles. The Morgan fingerprint density at radius 3 is 2.79 bits per heavy atom. The lowest BCUT2D eigenvalue weighted by Crippen LogP contribution is -2.33. The molecule has 1 aliphatic heterocycles. The summed E-state index contributed by atoms with van der Waals surface area (Å²) in [6.45, 7) is 2.12. The van der Waals surface area contributed by atoms with E-state index < -0.39 is 28.6 Å². The maximum Gasteiger partial charge on any atom is 0.418 e. The van der Waals surface area contributed by atoms with Crippen molar-refractivity contribution in [2.24, 2.45) is 4.99 Å². The molecule has 0 saturated carbocycles. The zero-order valence-electron chi connectivity index (χ0n) is 14.9. The number of hydrogen-bond donors (Lipinski definition) is 1. The Balaban J connectivity index is 1.74. The molecule has 3 rings (SSSR count). The van der Waals surface area contributed by atoms with Gasteiger partial charge in [-0.25, -0.2) is 4.98 Å². The number of amidine groups is 1. The Morgan fingerprint density at radius 2 is 2.17 bits per heavy atom. The minimum atomic E-state index is -4.68. The van der Waals surface area contributed by atoms with Crippen molar-refractivity contribution < 1.29 is 22.8 Å². The van der Waals surface area contributed by atoms with E-state index in [0.29, 0.717) is 16.8 Å². The average Bonchev–Trinajstić information content (AvgIpc) is 3.24. The molecule has 1 N–H and O–H groups in total. The van der Waals surface area contributed by atoms with Crippen LogP contribution in [0.25, 0.3) is 0 Å². The molecule has 29 heavy (non-hydrogen) atoms. The molecule has 1 aromatic heterocycles. The topological polar surface area (TPSA) is 74.7 Å². The smallest absolute Gasteiger partial charge is 0.325 e. The number of thioether (sulfide) groups is 1. The lowest BCUT2D eigenvalue weighted by molar-refractivity contribution is -0.137. The standard InChI is InChI=1S/C17H14ClF3N4O2S2/c1-2-25-14(27)12(29-16(25)24-15-22-5-6-28-15)8-13(26)23-11-4-3-9(18)7-10(11)17(19,20)21/h3-7,12H,2,8H2,1H3,(H,23,26). The van der Waals surface area contributed by atoms with Crippen LogP contribution in [-0.2, 0) is 15.8 Å². The third-order valence-electron chi connectivity index (χ3n) is 3.88. The van der Waals surface area contributed by atoms with Gasteiger partial charge in [0.15, 0.2) is 5.17 Å². The van der Waals surface area contributed by atoms with Crippen LogP contribution in [0.1, 0.15) is 18.9 Å². The predicted molar refractivity (Wildman–Crippen MR) is 108 cm³/mol. The second-order valence-electron chi connectivity index (χ2n) is 5.84. The largest absolute Gasteiger partial charge is 0.418 e. The molecule has 0 spiro atoms. The number of hydrogen-bond acceptors (Lipinski definition) is 6. The summed E-state index contributed by atoms with van der Waals surface area (Å²) >= 11 is 8.03. The maximum absolute atomic E-state index is 13.2. The van der Waals surface area contributed by atoms with Gasteiger partial charge in [0.1, 0.15) is 5.25 Å². The van der Waals surface area contributed by atoms with Crippen molar-refractivity contribution in [1.29, 1.82) is 0 Å². The van der Waals surface area contributed by atoms with Crippen molar-refractivity contribution in [1.82, 2.24) is 9.88 Å². The van der Waals surface area contributed by atoms with Gasteiger partial charge in [-0.3, -0.25) is 14.5 Å². The quantitative estimate of drug-likeness (QED) is 0.693. The molecule has 1 fully saturated rings. The van der Waals surface area contributed by atoms with Gasteiger partial charge in [-0.1, -0.05) is 23.4 Å². The summed E-state index contributed by atoms with van der Waals surface area (Å²) in [6.07, 6.45) is -3.40. The van der Waals surface area contributed by atoms with Crippen molar-refractivity contribution in [2.45, 2.75) is 24.8 Å². The number of aromatic nitrogens is 1. The first-order valence-corrected chi connectivity index (χ1v) is 10.5. The van der Waals surface area contributed by atoms with E-state index in [0.717, 1.165) is 23.9 Å². The van der Waals surface area contributed by atoms with E-state index >= 15 is 0 Å². The fourth-order valence-corrected chi connectivity index (χ4v) is 4.54. The molecule has 1 saturated heterocycles. The molecule has 1 aromatic carbocycles. The number of aliphatic imine (C=N–C) groups is 1. The fraction of sp³-hybridized carbons (Fsp3) is 0.294. The van der Waals surface area contributed by atoms with Gasteiger partial charge in [0.05, 0.1) is 11.3 Å². The van der Waals surface area contributed by atoms with Gasteiger partial charge in [0, 0.05) is 29.6 Å². The van der Waals surface area contributed by atoms with Crippen LogP contribution in [0.2, 0.25) is 5.02 Å². The molecule has 2 heterocycles. The first-order chi connectivity index (χ1) is 13.7.